The molecule has 1 aromatic carbocycles. The maximum atomic E-state index is 12.2. The number of hydrogen-bond donors (Lipinski definition) is 1. The molecule has 0 bridgehead atoms. The topological polar surface area (TPSA) is 68.1 Å². The van der Waals surface area contributed by atoms with Crippen molar-refractivity contribution in [3.63, 3.8) is 0 Å². The second-order valence-electron chi connectivity index (χ2n) is 3.72. The van der Waals surface area contributed by atoms with E-state index in [0.29, 0.717) is 0 Å². The molecule has 0 spiro atoms. The van der Waals surface area contributed by atoms with Crippen LogP contribution >= 0.6 is 0 Å². The van der Waals surface area contributed by atoms with E-state index in [2.05, 4.69) is 14.7 Å². The van der Waals surface area contributed by atoms with Crippen LogP contribution in [0.4, 0.5) is 13.2 Å². The second-order valence-corrected chi connectivity index (χ2v) is 3.72. The van der Waals surface area contributed by atoms with Gasteiger partial charge in [0.15, 0.2) is 0 Å². The van der Waals surface area contributed by atoms with E-state index in [1.165, 1.54) is 18.2 Å². The van der Waals surface area contributed by atoms with Crippen molar-refractivity contribution >= 4 is 11.7 Å². The molecule has 0 aliphatic carbocycles. The molecule has 1 atom stereocenters. The first kappa shape index (κ1) is 13.2. The third kappa shape index (κ3) is 3.15. The van der Waals surface area contributed by atoms with Crippen molar-refractivity contribution in [3.05, 3.63) is 29.8 Å². The third-order valence-corrected chi connectivity index (χ3v) is 2.37. The number of carboxylic acids is 1. The van der Waals surface area contributed by atoms with Crippen molar-refractivity contribution in [2.24, 2.45) is 5.16 Å². The summed E-state index contributed by atoms with van der Waals surface area (Å²) in [6.07, 6.45) is -6.13. The van der Waals surface area contributed by atoms with Crippen molar-refractivity contribution in [3.8, 4) is 5.75 Å². The molecule has 5 nitrogen and oxygen atoms in total. The summed E-state index contributed by atoms with van der Waals surface area (Å²) in [7, 11) is 0. The van der Waals surface area contributed by atoms with Crippen molar-refractivity contribution in [1.29, 1.82) is 0 Å². The van der Waals surface area contributed by atoms with E-state index in [-0.39, 0.29) is 17.7 Å². The standard InChI is InChI=1S/C11H8F3NO4/c12-11(13,14)18-8-4-2-1-3-6(8)7-5-9(10(16)17)19-15-7/h1-4,9H,5H2,(H,16,17). The van der Waals surface area contributed by atoms with Gasteiger partial charge in [-0.05, 0) is 12.1 Å². The number of rotatable bonds is 3. The van der Waals surface area contributed by atoms with Crippen LogP contribution in [0.1, 0.15) is 12.0 Å². The second kappa shape index (κ2) is 4.79. The molecule has 1 heterocycles. The van der Waals surface area contributed by atoms with E-state index in [0.717, 1.165) is 6.07 Å². The number of benzene rings is 1. The highest BCUT2D eigenvalue weighted by Crippen LogP contribution is 2.29. The van der Waals surface area contributed by atoms with Crippen LogP contribution in [-0.4, -0.2) is 29.3 Å². The lowest BCUT2D eigenvalue weighted by Gasteiger charge is -2.12. The smallest absolute Gasteiger partial charge is 0.478 e. The van der Waals surface area contributed by atoms with E-state index in [9.17, 15) is 18.0 Å². The monoisotopic (exact) mass is 275 g/mol. The molecular formula is C11H8F3NO4. The Morgan fingerprint density at radius 3 is 2.68 bits per heavy atom. The molecule has 0 saturated heterocycles. The minimum Gasteiger partial charge on any atom is -0.478 e. The van der Waals surface area contributed by atoms with Crippen LogP contribution in [0.5, 0.6) is 5.75 Å². The third-order valence-electron chi connectivity index (χ3n) is 2.37. The largest absolute Gasteiger partial charge is 0.573 e. The predicted molar refractivity (Wildman–Crippen MR) is 56.8 cm³/mol. The van der Waals surface area contributed by atoms with Gasteiger partial charge in [-0.25, -0.2) is 4.79 Å². The number of nitrogens with zero attached hydrogens (tertiary/aromatic N) is 1. The predicted octanol–water partition coefficient (Wildman–Crippen LogP) is 2.16. The molecule has 0 amide bonds. The number of halogens is 3. The van der Waals surface area contributed by atoms with Crippen LogP contribution in [0, 0.1) is 0 Å². The van der Waals surface area contributed by atoms with Gasteiger partial charge in [-0.3, -0.25) is 0 Å². The normalized spacial score (nSPS) is 18.7. The van der Waals surface area contributed by atoms with E-state index in [4.69, 9.17) is 5.11 Å². The first-order valence-electron chi connectivity index (χ1n) is 5.17. The van der Waals surface area contributed by atoms with Crippen LogP contribution < -0.4 is 4.74 Å². The van der Waals surface area contributed by atoms with Gasteiger partial charge < -0.3 is 14.7 Å². The van der Waals surface area contributed by atoms with Crippen LogP contribution in [0.2, 0.25) is 0 Å². The maximum absolute atomic E-state index is 12.2. The molecule has 1 aliphatic rings. The Hall–Kier alpha value is -2.25. The Balaban J connectivity index is 2.24. The molecule has 0 radical (unpaired) electrons. The zero-order chi connectivity index (χ0) is 14.0. The van der Waals surface area contributed by atoms with Gasteiger partial charge in [0.05, 0.1) is 5.71 Å². The fraction of sp³-hybridized carbons (Fsp3) is 0.273. The van der Waals surface area contributed by atoms with Crippen molar-refractivity contribution in [2.45, 2.75) is 18.9 Å². The summed E-state index contributed by atoms with van der Waals surface area (Å²) < 4.78 is 40.5. The molecule has 19 heavy (non-hydrogen) atoms. The number of aliphatic carboxylic acids is 1. The summed E-state index contributed by atoms with van der Waals surface area (Å²) in [4.78, 5) is 15.3. The molecule has 8 heteroatoms. The highest BCUT2D eigenvalue weighted by Gasteiger charge is 2.34. The highest BCUT2D eigenvalue weighted by atomic mass is 19.4. The number of carbonyl (C=O) groups is 1. The van der Waals surface area contributed by atoms with E-state index in [1.807, 2.05) is 0 Å². The zero-order valence-electron chi connectivity index (χ0n) is 9.35. The molecule has 1 aromatic rings. The minimum absolute atomic E-state index is 0.0589. The van der Waals surface area contributed by atoms with Crippen molar-refractivity contribution < 1.29 is 32.6 Å². The number of carboxylic acid groups (broad SMARTS) is 1. The van der Waals surface area contributed by atoms with Gasteiger partial charge in [-0.2, -0.15) is 0 Å². The Morgan fingerprint density at radius 1 is 1.42 bits per heavy atom. The molecule has 0 saturated carbocycles. The van der Waals surface area contributed by atoms with Crippen LogP contribution in [-0.2, 0) is 9.63 Å². The number of para-hydroxylation sites is 1. The average molecular weight is 275 g/mol. The maximum Gasteiger partial charge on any atom is 0.573 e. The van der Waals surface area contributed by atoms with Crippen molar-refractivity contribution in [1.82, 2.24) is 0 Å². The van der Waals surface area contributed by atoms with Gasteiger partial charge >= 0.3 is 12.3 Å². The van der Waals surface area contributed by atoms with Crippen LogP contribution in [0.3, 0.4) is 0 Å². The SMILES string of the molecule is O=C(O)C1CC(c2ccccc2OC(F)(F)F)=NO1. The van der Waals surface area contributed by atoms with Gasteiger partial charge in [-0.15, -0.1) is 13.2 Å². The summed E-state index contributed by atoms with van der Waals surface area (Å²) in [5, 5.41) is 12.2. The first-order valence-corrected chi connectivity index (χ1v) is 5.17. The number of ether oxygens (including phenoxy) is 1. The Kier molecular flexibility index (Phi) is 3.32. The summed E-state index contributed by atoms with van der Waals surface area (Å²) >= 11 is 0. The molecule has 2 rings (SSSR count). The van der Waals surface area contributed by atoms with E-state index < -0.39 is 24.2 Å². The average Bonchev–Trinajstić information content (AvgIpc) is 2.76. The fourth-order valence-electron chi connectivity index (χ4n) is 1.59. The molecule has 0 aromatic heterocycles. The Labute approximate surface area is 105 Å². The number of oxime groups is 1. The Morgan fingerprint density at radius 2 is 2.11 bits per heavy atom. The molecule has 1 N–H and O–H groups in total. The number of alkyl halides is 3. The lowest BCUT2D eigenvalue weighted by molar-refractivity contribution is -0.274. The first-order chi connectivity index (χ1) is 8.87. The van der Waals surface area contributed by atoms with Gasteiger partial charge in [0.1, 0.15) is 5.75 Å². The minimum atomic E-state index is -4.83. The number of hydrogen-bond acceptors (Lipinski definition) is 4. The lowest BCUT2D eigenvalue weighted by Crippen LogP contribution is -2.21. The molecule has 0 fully saturated rings. The van der Waals surface area contributed by atoms with Crippen LogP contribution in [0.15, 0.2) is 29.4 Å². The van der Waals surface area contributed by atoms with Gasteiger partial charge in [-0.1, -0.05) is 17.3 Å². The summed E-state index contributed by atoms with van der Waals surface area (Å²) in [6, 6.07) is 5.34. The quantitative estimate of drug-likeness (QED) is 0.917. The summed E-state index contributed by atoms with van der Waals surface area (Å²) in [6.45, 7) is 0. The fourth-order valence-corrected chi connectivity index (χ4v) is 1.59. The Bertz CT molecular complexity index is 527. The molecule has 1 aliphatic heterocycles. The molecule has 102 valence electrons. The van der Waals surface area contributed by atoms with Gasteiger partial charge in [0.25, 0.3) is 0 Å². The summed E-state index contributed by atoms with van der Waals surface area (Å²) in [5.74, 6) is -1.67. The van der Waals surface area contributed by atoms with Crippen LogP contribution in [0.25, 0.3) is 0 Å². The highest BCUT2D eigenvalue weighted by molar-refractivity contribution is 6.05. The zero-order valence-corrected chi connectivity index (χ0v) is 9.35. The van der Waals surface area contributed by atoms with Gasteiger partial charge in [0.2, 0.25) is 6.10 Å². The van der Waals surface area contributed by atoms with E-state index in [1.54, 1.807) is 0 Å². The van der Waals surface area contributed by atoms with Gasteiger partial charge in [0, 0.05) is 12.0 Å². The van der Waals surface area contributed by atoms with E-state index >= 15 is 0 Å². The van der Waals surface area contributed by atoms with Crippen molar-refractivity contribution in [2.75, 3.05) is 0 Å². The summed E-state index contributed by atoms with van der Waals surface area (Å²) in [5.41, 5.74) is 0.163. The molecule has 1 unspecified atom stereocenters. The molecular weight excluding hydrogens is 267 g/mol. The lowest BCUT2D eigenvalue weighted by atomic mass is 10.0.